The summed E-state index contributed by atoms with van der Waals surface area (Å²) < 4.78 is 0. The highest BCUT2D eigenvalue weighted by atomic mass is 16.5. The minimum absolute atomic E-state index is 0.0603. The average Bonchev–Trinajstić information content (AvgIpc) is 2.64. The highest BCUT2D eigenvalue weighted by Crippen LogP contribution is 2.18. The van der Waals surface area contributed by atoms with Crippen molar-refractivity contribution in [1.82, 2.24) is 15.7 Å². The van der Waals surface area contributed by atoms with Crippen molar-refractivity contribution in [2.24, 2.45) is 17.8 Å². The Morgan fingerprint density at radius 2 is 1.61 bits per heavy atom. The van der Waals surface area contributed by atoms with Crippen LogP contribution in [-0.2, 0) is 14.4 Å². The predicted molar refractivity (Wildman–Crippen MR) is 111 cm³/mol. The Morgan fingerprint density at radius 3 is 2.07 bits per heavy atom. The minimum Gasteiger partial charge on any atom is -0.344 e. The largest absolute Gasteiger partial charge is 0.344 e. The van der Waals surface area contributed by atoms with Crippen LogP contribution >= 0.6 is 0 Å². The molecule has 2 unspecified atom stereocenters. The molecule has 0 saturated heterocycles. The molecule has 0 aliphatic rings. The van der Waals surface area contributed by atoms with Gasteiger partial charge in [0.05, 0.1) is 0 Å². The van der Waals surface area contributed by atoms with Crippen LogP contribution in [0.4, 0.5) is 0 Å². The Hall–Kier alpha value is -1.63. The van der Waals surface area contributed by atoms with Crippen LogP contribution in [0.2, 0.25) is 0 Å². The summed E-state index contributed by atoms with van der Waals surface area (Å²) in [4.78, 5) is 39.4. The third-order valence-electron chi connectivity index (χ3n) is 4.84. The number of hydrogen-bond donors (Lipinski definition) is 3. The predicted octanol–water partition coefficient (Wildman–Crippen LogP) is 3.11. The number of hydroxylamine groups is 1. The van der Waals surface area contributed by atoms with Crippen LogP contribution in [-0.4, -0.2) is 47.0 Å². The van der Waals surface area contributed by atoms with Gasteiger partial charge in [-0.3, -0.25) is 19.6 Å². The molecule has 0 aromatic heterocycles. The Bertz CT molecular complexity index is 480. The summed E-state index contributed by atoms with van der Waals surface area (Å²) in [6.07, 6.45) is 4.02. The lowest BCUT2D eigenvalue weighted by atomic mass is 9.92. The Labute approximate surface area is 170 Å². The van der Waals surface area contributed by atoms with Crippen molar-refractivity contribution >= 4 is 17.7 Å². The fraction of sp³-hybridized carbons (Fsp3) is 0.857. The van der Waals surface area contributed by atoms with Crippen molar-refractivity contribution in [3.8, 4) is 0 Å². The standard InChI is InChI=1S/C21H41N3O4/c1-7-9-13-24(12-8-2)21(27)19(16(5)6)22-20(26)17(11-10-15(3)4)14-18(25)23-28/h15-17,19,28H,7-14H2,1-6H3,(H,22,26)(H,23,25). The third kappa shape index (κ3) is 10.1. The van der Waals surface area contributed by atoms with E-state index in [0.29, 0.717) is 25.4 Å². The van der Waals surface area contributed by atoms with Gasteiger partial charge < -0.3 is 10.2 Å². The van der Waals surface area contributed by atoms with Gasteiger partial charge in [-0.2, -0.15) is 0 Å². The summed E-state index contributed by atoms with van der Waals surface area (Å²) in [5.74, 6) is -1.19. The van der Waals surface area contributed by atoms with Crippen LogP contribution in [0.3, 0.4) is 0 Å². The first kappa shape index (κ1) is 26.4. The molecule has 0 aromatic rings. The summed E-state index contributed by atoms with van der Waals surface area (Å²) in [5.41, 5.74) is 1.60. The van der Waals surface area contributed by atoms with Crippen LogP contribution < -0.4 is 10.8 Å². The quantitative estimate of drug-likeness (QED) is 0.309. The number of carbonyl (C=O) groups is 3. The van der Waals surface area contributed by atoms with Gasteiger partial charge in [0.2, 0.25) is 17.7 Å². The van der Waals surface area contributed by atoms with Crippen molar-refractivity contribution in [2.75, 3.05) is 13.1 Å². The molecule has 0 aliphatic heterocycles. The number of carbonyl (C=O) groups excluding carboxylic acids is 3. The van der Waals surface area contributed by atoms with E-state index in [0.717, 1.165) is 25.7 Å². The molecule has 0 heterocycles. The van der Waals surface area contributed by atoms with E-state index in [9.17, 15) is 14.4 Å². The van der Waals surface area contributed by atoms with Crippen LogP contribution in [0.5, 0.6) is 0 Å². The van der Waals surface area contributed by atoms with Gasteiger partial charge >= 0.3 is 0 Å². The van der Waals surface area contributed by atoms with Gasteiger partial charge in [-0.15, -0.1) is 0 Å². The van der Waals surface area contributed by atoms with E-state index >= 15 is 0 Å². The number of hydrogen-bond acceptors (Lipinski definition) is 4. The van der Waals surface area contributed by atoms with Crippen molar-refractivity contribution < 1.29 is 19.6 Å². The molecule has 0 bridgehead atoms. The molecule has 7 heteroatoms. The second-order valence-electron chi connectivity index (χ2n) is 8.32. The normalized spacial score (nSPS) is 13.3. The smallest absolute Gasteiger partial charge is 0.245 e. The Balaban J connectivity index is 5.28. The van der Waals surface area contributed by atoms with E-state index in [2.05, 4.69) is 26.1 Å². The zero-order valence-corrected chi connectivity index (χ0v) is 18.6. The number of unbranched alkanes of at least 4 members (excludes halogenated alkanes) is 1. The van der Waals surface area contributed by atoms with Crippen LogP contribution in [0.25, 0.3) is 0 Å². The van der Waals surface area contributed by atoms with Crippen LogP contribution in [0.1, 0.15) is 80.1 Å². The molecule has 0 spiro atoms. The number of nitrogens with one attached hydrogen (secondary N) is 2. The molecule has 0 radical (unpaired) electrons. The fourth-order valence-electron chi connectivity index (χ4n) is 3.06. The number of nitrogens with zero attached hydrogens (tertiary/aromatic N) is 1. The first-order chi connectivity index (χ1) is 13.2. The lowest BCUT2D eigenvalue weighted by molar-refractivity contribution is -0.140. The van der Waals surface area contributed by atoms with Gasteiger partial charge in [0, 0.05) is 25.4 Å². The van der Waals surface area contributed by atoms with Crippen LogP contribution in [0.15, 0.2) is 0 Å². The first-order valence-corrected chi connectivity index (χ1v) is 10.7. The van der Waals surface area contributed by atoms with E-state index in [1.807, 2.05) is 25.7 Å². The third-order valence-corrected chi connectivity index (χ3v) is 4.84. The maximum absolute atomic E-state index is 13.1. The summed E-state index contributed by atoms with van der Waals surface area (Å²) in [7, 11) is 0. The Kier molecular flexibility index (Phi) is 13.5. The molecule has 164 valence electrons. The SMILES string of the molecule is CCCCN(CCC)C(=O)C(NC(=O)C(CCC(C)C)CC(=O)NO)C(C)C. The van der Waals surface area contributed by atoms with Gasteiger partial charge in [-0.25, -0.2) is 5.48 Å². The molecular weight excluding hydrogens is 358 g/mol. The molecule has 0 saturated carbocycles. The number of amides is 3. The topological polar surface area (TPSA) is 98.7 Å². The van der Waals surface area contributed by atoms with E-state index in [-0.39, 0.29) is 24.2 Å². The maximum Gasteiger partial charge on any atom is 0.245 e. The van der Waals surface area contributed by atoms with E-state index < -0.39 is 17.9 Å². The molecule has 0 fully saturated rings. The highest BCUT2D eigenvalue weighted by molar-refractivity contribution is 5.90. The monoisotopic (exact) mass is 399 g/mol. The second-order valence-corrected chi connectivity index (χ2v) is 8.32. The molecule has 2 atom stereocenters. The minimum atomic E-state index is -0.616. The molecule has 0 aromatic carbocycles. The van der Waals surface area contributed by atoms with E-state index in [1.165, 1.54) is 0 Å². The fourth-order valence-corrected chi connectivity index (χ4v) is 3.06. The first-order valence-electron chi connectivity index (χ1n) is 10.7. The summed E-state index contributed by atoms with van der Waals surface area (Å²) in [6.45, 7) is 13.4. The summed E-state index contributed by atoms with van der Waals surface area (Å²) in [5, 5.41) is 11.7. The van der Waals surface area contributed by atoms with Gasteiger partial charge in [-0.1, -0.05) is 54.4 Å². The van der Waals surface area contributed by atoms with E-state index in [4.69, 9.17) is 5.21 Å². The lowest BCUT2D eigenvalue weighted by Crippen LogP contribution is -2.53. The maximum atomic E-state index is 13.1. The van der Waals surface area contributed by atoms with Crippen molar-refractivity contribution in [3.63, 3.8) is 0 Å². The summed E-state index contributed by atoms with van der Waals surface area (Å²) in [6, 6.07) is -0.616. The van der Waals surface area contributed by atoms with Crippen molar-refractivity contribution in [1.29, 1.82) is 0 Å². The van der Waals surface area contributed by atoms with Gasteiger partial charge in [-0.05, 0) is 31.1 Å². The molecule has 0 rings (SSSR count). The average molecular weight is 400 g/mol. The Morgan fingerprint density at radius 1 is 0.964 bits per heavy atom. The van der Waals surface area contributed by atoms with Gasteiger partial charge in [0.15, 0.2) is 0 Å². The second kappa shape index (κ2) is 14.4. The summed E-state index contributed by atoms with van der Waals surface area (Å²) >= 11 is 0. The zero-order chi connectivity index (χ0) is 21.7. The van der Waals surface area contributed by atoms with Gasteiger partial charge in [0.1, 0.15) is 6.04 Å². The zero-order valence-electron chi connectivity index (χ0n) is 18.6. The highest BCUT2D eigenvalue weighted by Gasteiger charge is 2.31. The van der Waals surface area contributed by atoms with E-state index in [1.54, 1.807) is 5.48 Å². The van der Waals surface area contributed by atoms with Crippen molar-refractivity contribution in [3.05, 3.63) is 0 Å². The van der Waals surface area contributed by atoms with Crippen molar-refractivity contribution in [2.45, 2.75) is 86.1 Å². The molecule has 3 N–H and O–H groups in total. The lowest BCUT2D eigenvalue weighted by Gasteiger charge is -2.31. The molecule has 0 aliphatic carbocycles. The molecule has 28 heavy (non-hydrogen) atoms. The molecular formula is C21H41N3O4. The van der Waals surface area contributed by atoms with Gasteiger partial charge in [0.25, 0.3) is 0 Å². The molecule has 7 nitrogen and oxygen atoms in total. The molecule has 3 amide bonds. The number of rotatable bonds is 14. The van der Waals surface area contributed by atoms with Crippen LogP contribution in [0, 0.1) is 17.8 Å².